The topological polar surface area (TPSA) is 120 Å². The number of benzene rings is 3. The van der Waals surface area contributed by atoms with E-state index in [1.54, 1.807) is 57.4 Å². The van der Waals surface area contributed by atoms with Gasteiger partial charge in [-0.15, -0.1) is 0 Å². The molecule has 0 saturated carbocycles. The highest BCUT2D eigenvalue weighted by molar-refractivity contribution is 14.1. The molecule has 230 valence electrons. The Balaban J connectivity index is 1.45. The fraction of sp³-hybridized carbons (Fsp3) is 0.226. The number of thiocarbonyl (C=S) groups is 1. The molecule has 0 unspecified atom stereocenters. The van der Waals surface area contributed by atoms with Gasteiger partial charge in [-0.25, -0.2) is 10.2 Å². The van der Waals surface area contributed by atoms with E-state index in [1.807, 2.05) is 24.3 Å². The van der Waals surface area contributed by atoms with E-state index in [2.05, 4.69) is 43.8 Å². The third-order valence-corrected chi connectivity index (χ3v) is 7.41. The van der Waals surface area contributed by atoms with Crippen LogP contribution in [0.25, 0.3) is 0 Å². The lowest BCUT2D eigenvalue weighted by Gasteiger charge is -2.30. The summed E-state index contributed by atoms with van der Waals surface area (Å²) >= 11 is 13.5. The minimum atomic E-state index is -0.637. The van der Waals surface area contributed by atoms with Gasteiger partial charge in [0.05, 0.1) is 31.5 Å². The van der Waals surface area contributed by atoms with E-state index < -0.39 is 17.9 Å². The van der Waals surface area contributed by atoms with Crippen LogP contribution in [0.15, 0.2) is 77.0 Å². The number of methoxy groups -OCH3 is 1. The molecule has 0 radical (unpaired) electrons. The summed E-state index contributed by atoms with van der Waals surface area (Å²) in [6.45, 7) is 3.64. The number of para-hydroxylation sites is 1. The van der Waals surface area contributed by atoms with Crippen LogP contribution in [0, 0.1) is 3.57 Å². The number of halogens is 2. The lowest BCUT2D eigenvalue weighted by molar-refractivity contribution is -0.139. The predicted octanol–water partition coefficient (Wildman–Crippen LogP) is 5.42. The molecule has 44 heavy (non-hydrogen) atoms. The first-order valence-electron chi connectivity index (χ1n) is 13.4. The van der Waals surface area contributed by atoms with Crippen LogP contribution in [0.5, 0.6) is 17.2 Å². The Morgan fingerprint density at radius 2 is 1.86 bits per heavy atom. The second kappa shape index (κ2) is 15.7. The van der Waals surface area contributed by atoms with Gasteiger partial charge < -0.3 is 29.6 Å². The molecular formula is C31H30ClIN4O6S. The third-order valence-electron chi connectivity index (χ3n) is 6.31. The summed E-state index contributed by atoms with van der Waals surface area (Å²) < 4.78 is 23.6. The largest absolute Gasteiger partial charge is 0.493 e. The highest BCUT2D eigenvalue weighted by Gasteiger charge is 2.32. The number of hydrogen-bond donors (Lipinski definition) is 3. The quantitative estimate of drug-likeness (QED) is 0.0734. The van der Waals surface area contributed by atoms with Gasteiger partial charge in [0.2, 0.25) is 0 Å². The van der Waals surface area contributed by atoms with Crippen molar-refractivity contribution in [2.45, 2.75) is 26.5 Å². The van der Waals surface area contributed by atoms with Gasteiger partial charge in [-0.3, -0.25) is 4.79 Å². The van der Waals surface area contributed by atoms with Crippen molar-refractivity contribution in [1.29, 1.82) is 0 Å². The van der Waals surface area contributed by atoms with E-state index in [0.29, 0.717) is 49.8 Å². The van der Waals surface area contributed by atoms with Crippen molar-refractivity contribution in [3.8, 4) is 17.2 Å². The number of allylic oxidation sites excluding steroid dienone is 1. The number of ether oxygens (including phenoxy) is 4. The van der Waals surface area contributed by atoms with E-state index in [9.17, 15) is 9.59 Å². The fourth-order valence-corrected chi connectivity index (χ4v) is 5.35. The lowest BCUT2D eigenvalue weighted by Crippen LogP contribution is -2.45. The molecule has 1 heterocycles. The van der Waals surface area contributed by atoms with Crippen LogP contribution in [-0.4, -0.2) is 43.5 Å². The lowest BCUT2D eigenvalue weighted by atomic mass is 9.95. The van der Waals surface area contributed by atoms with E-state index in [-0.39, 0.29) is 19.8 Å². The summed E-state index contributed by atoms with van der Waals surface area (Å²) in [5.41, 5.74) is 5.57. The minimum absolute atomic E-state index is 0.219. The summed E-state index contributed by atoms with van der Waals surface area (Å²) in [7, 11) is 1.55. The van der Waals surface area contributed by atoms with Gasteiger partial charge in [-0.2, -0.15) is 5.10 Å². The number of amides is 1. The van der Waals surface area contributed by atoms with Crippen molar-refractivity contribution < 1.29 is 28.5 Å². The molecule has 1 aliphatic heterocycles. The second-order valence-corrected chi connectivity index (χ2v) is 11.4. The zero-order valence-corrected chi connectivity index (χ0v) is 27.8. The van der Waals surface area contributed by atoms with E-state index in [0.717, 1.165) is 9.13 Å². The van der Waals surface area contributed by atoms with Crippen molar-refractivity contribution >= 4 is 69.6 Å². The number of esters is 1. The first-order valence-corrected chi connectivity index (χ1v) is 15.3. The SMILES string of the molecule is CCOC(=O)C1=C(C)NC(=S)N[C@H]1c1ccccc1OCC(=O)NN=Cc1cc(I)cc(OC)c1OCc1ccc(Cl)cc1. The van der Waals surface area contributed by atoms with Crippen molar-refractivity contribution in [3.63, 3.8) is 0 Å². The highest BCUT2D eigenvalue weighted by Crippen LogP contribution is 2.34. The maximum atomic E-state index is 12.8. The average Bonchev–Trinajstić information content (AvgIpc) is 3.00. The number of nitrogens with zero attached hydrogens (tertiary/aromatic N) is 1. The van der Waals surface area contributed by atoms with Crippen LogP contribution in [0.4, 0.5) is 0 Å². The molecule has 0 bridgehead atoms. The number of nitrogens with one attached hydrogen (secondary N) is 3. The number of hydrazone groups is 1. The first kappa shape index (κ1) is 33.0. The Morgan fingerprint density at radius 1 is 1.11 bits per heavy atom. The monoisotopic (exact) mass is 748 g/mol. The molecule has 3 aromatic carbocycles. The number of hydrogen-bond acceptors (Lipinski definition) is 8. The van der Waals surface area contributed by atoms with Crippen LogP contribution < -0.4 is 30.3 Å². The molecule has 3 N–H and O–H groups in total. The van der Waals surface area contributed by atoms with Gasteiger partial charge in [0.1, 0.15) is 12.4 Å². The molecule has 0 aliphatic carbocycles. The zero-order chi connectivity index (χ0) is 31.6. The van der Waals surface area contributed by atoms with Gasteiger partial charge in [0.15, 0.2) is 23.2 Å². The summed E-state index contributed by atoms with van der Waals surface area (Å²) in [6.07, 6.45) is 1.48. The van der Waals surface area contributed by atoms with Gasteiger partial charge in [-0.05, 0) is 84.6 Å². The Morgan fingerprint density at radius 3 is 2.59 bits per heavy atom. The molecule has 1 aliphatic rings. The normalized spacial score (nSPS) is 14.5. The fourth-order valence-electron chi connectivity index (χ4n) is 4.33. The second-order valence-electron chi connectivity index (χ2n) is 9.35. The number of carbonyl (C=O) groups is 2. The Bertz CT molecular complexity index is 1600. The number of rotatable bonds is 12. The van der Waals surface area contributed by atoms with E-state index in [1.165, 1.54) is 6.21 Å². The maximum absolute atomic E-state index is 12.8. The summed E-state index contributed by atoms with van der Waals surface area (Å²) in [5.74, 6) is 0.408. The molecule has 1 atom stereocenters. The van der Waals surface area contributed by atoms with Gasteiger partial charge >= 0.3 is 5.97 Å². The van der Waals surface area contributed by atoms with Crippen LogP contribution in [0.2, 0.25) is 5.02 Å². The summed E-state index contributed by atoms with van der Waals surface area (Å²) in [5, 5.41) is 11.2. The first-order chi connectivity index (χ1) is 21.2. The van der Waals surface area contributed by atoms with Crippen LogP contribution in [-0.2, 0) is 20.9 Å². The summed E-state index contributed by atoms with van der Waals surface area (Å²) in [4.78, 5) is 25.5. The Kier molecular flexibility index (Phi) is 11.8. The van der Waals surface area contributed by atoms with Crippen LogP contribution >= 0.6 is 46.4 Å². The van der Waals surface area contributed by atoms with Crippen LogP contribution in [0.1, 0.15) is 36.6 Å². The van der Waals surface area contributed by atoms with E-state index in [4.69, 9.17) is 42.8 Å². The Labute approximate surface area is 279 Å². The molecule has 1 amide bonds. The maximum Gasteiger partial charge on any atom is 0.338 e. The molecule has 0 aromatic heterocycles. The molecule has 10 nitrogen and oxygen atoms in total. The molecular weight excluding hydrogens is 719 g/mol. The molecule has 13 heteroatoms. The molecule has 0 spiro atoms. The smallest absolute Gasteiger partial charge is 0.338 e. The van der Waals surface area contributed by atoms with Gasteiger partial charge in [-0.1, -0.05) is 41.9 Å². The van der Waals surface area contributed by atoms with Crippen molar-refractivity contribution in [2.24, 2.45) is 5.10 Å². The van der Waals surface area contributed by atoms with Crippen molar-refractivity contribution in [1.82, 2.24) is 16.1 Å². The third kappa shape index (κ3) is 8.61. The minimum Gasteiger partial charge on any atom is -0.493 e. The standard InChI is InChI=1S/C31H30ClIN4O6S/c1-4-41-30(39)27-18(2)35-31(44)36-28(27)23-7-5-6-8-24(23)42-17-26(38)37-34-15-20-13-22(33)14-25(40-3)29(20)43-16-19-9-11-21(32)12-10-19/h5-15,28H,4,16-17H2,1-3H3,(H,37,38)(H2,35,36,44)/t28-/m0/s1. The predicted molar refractivity (Wildman–Crippen MR) is 180 cm³/mol. The van der Waals surface area contributed by atoms with Crippen LogP contribution in [0.3, 0.4) is 0 Å². The molecule has 0 saturated heterocycles. The molecule has 0 fully saturated rings. The summed E-state index contributed by atoms with van der Waals surface area (Å²) in [6, 6.07) is 17.5. The van der Waals surface area contributed by atoms with Gasteiger partial charge in [0.25, 0.3) is 5.91 Å². The van der Waals surface area contributed by atoms with Gasteiger partial charge in [0, 0.05) is 25.4 Å². The number of carbonyl (C=O) groups excluding carboxylic acids is 2. The molecule has 3 aromatic rings. The molecule has 4 rings (SSSR count). The average molecular weight is 749 g/mol. The highest BCUT2D eigenvalue weighted by atomic mass is 127. The zero-order valence-electron chi connectivity index (χ0n) is 24.1. The van der Waals surface area contributed by atoms with E-state index >= 15 is 0 Å². The van der Waals surface area contributed by atoms with Crippen molar-refractivity contribution in [2.75, 3.05) is 20.3 Å². The van der Waals surface area contributed by atoms with Crippen molar-refractivity contribution in [3.05, 3.63) is 97.2 Å². The Hall–Kier alpha value is -3.88.